The van der Waals surface area contributed by atoms with Crippen LogP contribution in [0.15, 0.2) is 4.99 Å². The Morgan fingerprint density at radius 2 is 1.89 bits per heavy atom. The average Bonchev–Trinajstić information content (AvgIpc) is 2.44. The van der Waals surface area contributed by atoms with E-state index in [0.29, 0.717) is 5.41 Å². The molecule has 0 aromatic carbocycles. The van der Waals surface area contributed by atoms with Gasteiger partial charge in [0.2, 0.25) is 0 Å². The summed E-state index contributed by atoms with van der Waals surface area (Å²) in [6, 6.07) is 0. The number of nitrogens with one attached hydrogen (secondary N) is 1. The smallest absolute Gasteiger partial charge is 0.156 e. The SMILES string of the molecule is CCN(CC)CCNC1=NCC(CC)(CC)CS1. The lowest BCUT2D eigenvalue weighted by atomic mass is 9.84. The number of aliphatic imine (C=N–C) groups is 1. The van der Waals surface area contributed by atoms with Gasteiger partial charge in [-0.15, -0.1) is 0 Å². The van der Waals surface area contributed by atoms with Crippen LogP contribution in [0.1, 0.15) is 40.5 Å². The fraction of sp³-hybridized carbons (Fsp3) is 0.929. The molecule has 106 valence electrons. The van der Waals surface area contributed by atoms with Crippen molar-refractivity contribution in [2.75, 3.05) is 38.5 Å². The van der Waals surface area contributed by atoms with Crippen molar-refractivity contribution in [1.29, 1.82) is 0 Å². The van der Waals surface area contributed by atoms with Crippen molar-refractivity contribution < 1.29 is 0 Å². The number of nitrogens with zero attached hydrogens (tertiary/aromatic N) is 2. The van der Waals surface area contributed by atoms with Crippen LogP contribution >= 0.6 is 11.8 Å². The van der Waals surface area contributed by atoms with Crippen LogP contribution in [-0.2, 0) is 0 Å². The second-order valence-electron chi connectivity index (χ2n) is 5.07. The van der Waals surface area contributed by atoms with Gasteiger partial charge in [0.05, 0.1) is 0 Å². The summed E-state index contributed by atoms with van der Waals surface area (Å²) in [5.74, 6) is 1.22. The Kier molecular flexibility index (Phi) is 7.08. The van der Waals surface area contributed by atoms with Gasteiger partial charge in [0, 0.05) is 25.4 Å². The summed E-state index contributed by atoms with van der Waals surface area (Å²) >= 11 is 1.91. The van der Waals surface area contributed by atoms with Crippen molar-refractivity contribution in [1.82, 2.24) is 10.2 Å². The maximum atomic E-state index is 4.72. The van der Waals surface area contributed by atoms with Gasteiger partial charge in [0.25, 0.3) is 0 Å². The number of likely N-dealkylation sites (N-methyl/N-ethyl adjacent to an activating group) is 1. The highest BCUT2D eigenvalue weighted by atomic mass is 32.2. The number of hydrogen-bond acceptors (Lipinski definition) is 4. The fourth-order valence-electron chi connectivity index (χ4n) is 2.20. The van der Waals surface area contributed by atoms with Gasteiger partial charge in [-0.3, -0.25) is 4.99 Å². The van der Waals surface area contributed by atoms with E-state index in [1.807, 2.05) is 11.8 Å². The summed E-state index contributed by atoms with van der Waals surface area (Å²) < 4.78 is 0. The monoisotopic (exact) mass is 271 g/mol. The van der Waals surface area contributed by atoms with Gasteiger partial charge in [-0.05, 0) is 31.3 Å². The maximum Gasteiger partial charge on any atom is 0.156 e. The first-order chi connectivity index (χ1) is 8.69. The molecule has 0 saturated heterocycles. The quantitative estimate of drug-likeness (QED) is 0.771. The molecule has 0 radical (unpaired) electrons. The molecule has 1 heterocycles. The molecular weight excluding hydrogens is 242 g/mol. The van der Waals surface area contributed by atoms with Crippen molar-refractivity contribution >= 4 is 16.9 Å². The van der Waals surface area contributed by atoms with Gasteiger partial charge in [0.1, 0.15) is 0 Å². The largest absolute Gasteiger partial charge is 0.364 e. The molecule has 1 rings (SSSR count). The van der Waals surface area contributed by atoms with Crippen LogP contribution < -0.4 is 5.32 Å². The van der Waals surface area contributed by atoms with E-state index in [-0.39, 0.29) is 0 Å². The molecule has 3 nitrogen and oxygen atoms in total. The van der Waals surface area contributed by atoms with Gasteiger partial charge >= 0.3 is 0 Å². The molecule has 1 N–H and O–H groups in total. The highest BCUT2D eigenvalue weighted by molar-refractivity contribution is 8.13. The van der Waals surface area contributed by atoms with Crippen molar-refractivity contribution in [2.45, 2.75) is 40.5 Å². The molecule has 0 aliphatic carbocycles. The van der Waals surface area contributed by atoms with Gasteiger partial charge in [-0.25, -0.2) is 0 Å². The lowest BCUT2D eigenvalue weighted by Gasteiger charge is -2.33. The third-order valence-electron chi connectivity index (χ3n) is 4.17. The summed E-state index contributed by atoms with van der Waals surface area (Å²) in [5, 5.41) is 4.63. The minimum Gasteiger partial charge on any atom is -0.364 e. The molecule has 0 aromatic rings. The lowest BCUT2D eigenvalue weighted by Crippen LogP contribution is -2.38. The molecule has 0 spiro atoms. The molecular formula is C14H29N3S. The van der Waals surface area contributed by atoms with Gasteiger partial charge < -0.3 is 10.2 Å². The van der Waals surface area contributed by atoms with Crippen LogP contribution in [0.3, 0.4) is 0 Å². The van der Waals surface area contributed by atoms with Crippen LogP contribution in [0, 0.1) is 5.41 Å². The van der Waals surface area contributed by atoms with E-state index in [1.165, 1.54) is 18.6 Å². The minimum absolute atomic E-state index is 0.453. The molecule has 4 heteroatoms. The molecule has 1 aliphatic heterocycles. The summed E-state index contributed by atoms with van der Waals surface area (Å²) in [4.78, 5) is 7.16. The van der Waals surface area contributed by atoms with Crippen molar-refractivity contribution in [2.24, 2.45) is 10.4 Å². The van der Waals surface area contributed by atoms with E-state index in [0.717, 1.165) is 37.9 Å². The first-order valence-electron chi connectivity index (χ1n) is 7.33. The zero-order valence-corrected chi connectivity index (χ0v) is 13.3. The zero-order valence-electron chi connectivity index (χ0n) is 12.5. The predicted octanol–water partition coefficient (Wildman–Crippen LogP) is 2.83. The molecule has 0 unspecified atom stereocenters. The minimum atomic E-state index is 0.453. The lowest BCUT2D eigenvalue weighted by molar-refractivity contribution is 0.307. The maximum absolute atomic E-state index is 4.72. The predicted molar refractivity (Wildman–Crippen MR) is 83.6 cm³/mol. The van der Waals surface area contributed by atoms with Gasteiger partial charge in [-0.1, -0.05) is 39.5 Å². The van der Waals surface area contributed by atoms with E-state index >= 15 is 0 Å². The molecule has 0 saturated carbocycles. The molecule has 0 fully saturated rings. The number of thioether (sulfide) groups is 1. The van der Waals surface area contributed by atoms with Gasteiger partial charge in [0.15, 0.2) is 5.17 Å². The van der Waals surface area contributed by atoms with Crippen molar-refractivity contribution in [3.63, 3.8) is 0 Å². The van der Waals surface area contributed by atoms with Crippen molar-refractivity contribution in [3.05, 3.63) is 0 Å². The molecule has 0 atom stereocenters. The Bertz CT molecular complexity index is 258. The average molecular weight is 271 g/mol. The molecule has 18 heavy (non-hydrogen) atoms. The topological polar surface area (TPSA) is 27.6 Å². The van der Waals surface area contributed by atoms with E-state index in [2.05, 4.69) is 37.9 Å². The molecule has 0 bridgehead atoms. The molecule has 0 amide bonds. The second kappa shape index (κ2) is 8.05. The standard InChI is InChI=1S/C14H29N3S/c1-5-14(6-2)11-16-13(18-12-14)15-9-10-17(7-3)8-4/h5-12H2,1-4H3,(H,15,16). The first-order valence-corrected chi connectivity index (χ1v) is 8.31. The fourth-order valence-corrected chi connectivity index (χ4v) is 3.50. The normalized spacial score (nSPS) is 18.8. The highest BCUT2D eigenvalue weighted by Crippen LogP contribution is 2.34. The Morgan fingerprint density at radius 1 is 1.22 bits per heavy atom. The van der Waals surface area contributed by atoms with Crippen LogP contribution in [-0.4, -0.2) is 48.5 Å². The molecule has 1 aliphatic rings. The van der Waals surface area contributed by atoms with Crippen LogP contribution in [0.2, 0.25) is 0 Å². The summed E-state index contributed by atoms with van der Waals surface area (Å²) in [6.45, 7) is 14.4. The number of rotatable bonds is 7. The Morgan fingerprint density at radius 3 is 2.33 bits per heavy atom. The Labute approximate surface area is 117 Å². The van der Waals surface area contributed by atoms with Crippen LogP contribution in [0.25, 0.3) is 0 Å². The van der Waals surface area contributed by atoms with Gasteiger partial charge in [-0.2, -0.15) is 0 Å². The van der Waals surface area contributed by atoms with E-state index in [4.69, 9.17) is 4.99 Å². The van der Waals surface area contributed by atoms with Crippen LogP contribution in [0.5, 0.6) is 0 Å². The Balaban J connectivity index is 2.31. The van der Waals surface area contributed by atoms with E-state index in [1.54, 1.807) is 0 Å². The summed E-state index contributed by atoms with van der Waals surface area (Å²) in [5.41, 5.74) is 0.453. The second-order valence-corrected chi connectivity index (χ2v) is 6.03. The van der Waals surface area contributed by atoms with Crippen molar-refractivity contribution in [3.8, 4) is 0 Å². The number of amidine groups is 1. The first kappa shape index (κ1) is 15.8. The third kappa shape index (κ3) is 4.47. The summed E-state index contributed by atoms with van der Waals surface area (Å²) in [7, 11) is 0. The zero-order chi connectivity index (χ0) is 13.4. The number of hydrogen-bond donors (Lipinski definition) is 1. The third-order valence-corrected chi connectivity index (χ3v) is 5.48. The van der Waals surface area contributed by atoms with E-state index in [9.17, 15) is 0 Å². The highest BCUT2D eigenvalue weighted by Gasteiger charge is 2.29. The van der Waals surface area contributed by atoms with E-state index < -0.39 is 0 Å². The summed E-state index contributed by atoms with van der Waals surface area (Å²) in [6.07, 6.45) is 2.49. The molecule has 0 aromatic heterocycles. The Hall–Kier alpha value is -0.220. The van der Waals surface area contributed by atoms with Crippen LogP contribution in [0.4, 0.5) is 0 Å².